The summed E-state index contributed by atoms with van der Waals surface area (Å²) >= 11 is 0. The van der Waals surface area contributed by atoms with Crippen molar-refractivity contribution >= 4 is 16.0 Å². The maximum Gasteiger partial charge on any atom is 0.321 e. The van der Waals surface area contributed by atoms with E-state index < -0.39 is 28.6 Å². The van der Waals surface area contributed by atoms with E-state index in [1.165, 1.54) is 0 Å². The van der Waals surface area contributed by atoms with Crippen LogP contribution < -0.4 is 4.72 Å². The molecule has 0 rings (SSSR count). The van der Waals surface area contributed by atoms with E-state index in [1.807, 2.05) is 4.72 Å². The van der Waals surface area contributed by atoms with Crippen LogP contribution in [0.25, 0.3) is 0 Å². The smallest absolute Gasteiger partial charge is 0.321 e. The molecular formula is C8H17NO6S. The Bertz CT molecular complexity index is 302. The van der Waals surface area contributed by atoms with Crippen LogP contribution in [-0.2, 0) is 19.6 Å². The summed E-state index contributed by atoms with van der Waals surface area (Å²) < 4.78 is 29.6. The zero-order valence-corrected chi connectivity index (χ0v) is 9.87. The number of aliphatic hydroxyl groups excluding tert-OH is 1. The number of rotatable bonds is 9. The Morgan fingerprint density at radius 1 is 1.50 bits per heavy atom. The molecule has 16 heavy (non-hydrogen) atoms. The number of ether oxygens (including phenoxy) is 1. The largest absolute Gasteiger partial charge is 0.480 e. The summed E-state index contributed by atoms with van der Waals surface area (Å²) in [6.45, 7) is 1.74. The van der Waals surface area contributed by atoms with Crippen LogP contribution in [0.15, 0.2) is 0 Å². The molecule has 0 heterocycles. The molecule has 0 radical (unpaired) electrons. The molecule has 0 bridgehead atoms. The number of aliphatic hydroxyl groups is 1. The molecular weight excluding hydrogens is 238 g/mol. The van der Waals surface area contributed by atoms with Crippen molar-refractivity contribution in [2.75, 3.05) is 25.6 Å². The van der Waals surface area contributed by atoms with E-state index in [1.54, 1.807) is 6.92 Å². The fourth-order valence-corrected chi connectivity index (χ4v) is 2.06. The predicted octanol–water partition coefficient (Wildman–Crippen LogP) is -1.22. The number of hydrogen-bond donors (Lipinski definition) is 3. The van der Waals surface area contributed by atoms with Gasteiger partial charge in [0.25, 0.3) is 0 Å². The van der Waals surface area contributed by atoms with Gasteiger partial charge in [-0.25, -0.2) is 13.1 Å². The van der Waals surface area contributed by atoms with E-state index in [2.05, 4.69) is 0 Å². The highest BCUT2D eigenvalue weighted by Gasteiger charge is 2.23. The third kappa shape index (κ3) is 6.72. The van der Waals surface area contributed by atoms with Crippen molar-refractivity contribution in [2.24, 2.45) is 0 Å². The van der Waals surface area contributed by atoms with Crippen molar-refractivity contribution in [3.05, 3.63) is 0 Å². The Hall–Kier alpha value is -0.700. The minimum atomic E-state index is -3.69. The summed E-state index contributed by atoms with van der Waals surface area (Å²) in [5.41, 5.74) is 0. The van der Waals surface area contributed by atoms with Crippen molar-refractivity contribution < 1.29 is 28.2 Å². The standard InChI is InChI=1S/C8H17NO6S/c1-2-15-5-6-16(13,14)9-7(3-4-10)8(11)12/h7,9-10H,2-6H2,1H3,(H,11,12)/t7-/m0/s1. The average Bonchev–Trinajstić information content (AvgIpc) is 2.17. The highest BCUT2D eigenvalue weighted by molar-refractivity contribution is 7.89. The lowest BCUT2D eigenvalue weighted by molar-refractivity contribution is -0.139. The summed E-state index contributed by atoms with van der Waals surface area (Å²) in [6.07, 6.45) is -0.163. The normalized spacial score (nSPS) is 13.6. The highest BCUT2D eigenvalue weighted by Crippen LogP contribution is 1.96. The van der Waals surface area contributed by atoms with Gasteiger partial charge in [0.15, 0.2) is 0 Å². The van der Waals surface area contributed by atoms with E-state index in [0.717, 1.165) is 0 Å². The number of carbonyl (C=O) groups is 1. The number of sulfonamides is 1. The third-order valence-corrected chi connectivity index (χ3v) is 3.09. The minimum Gasteiger partial charge on any atom is -0.480 e. The summed E-state index contributed by atoms with van der Waals surface area (Å²) in [6, 6.07) is -1.29. The molecule has 96 valence electrons. The zero-order chi connectivity index (χ0) is 12.6. The topological polar surface area (TPSA) is 113 Å². The Kier molecular flexibility index (Phi) is 7.22. The Labute approximate surface area is 94.5 Å². The summed E-state index contributed by atoms with van der Waals surface area (Å²) in [7, 11) is -3.69. The van der Waals surface area contributed by atoms with Gasteiger partial charge in [-0.2, -0.15) is 0 Å². The van der Waals surface area contributed by atoms with Gasteiger partial charge in [-0.15, -0.1) is 0 Å². The molecule has 8 heteroatoms. The zero-order valence-electron chi connectivity index (χ0n) is 9.05. The first kappa shape index (κ1) is 15.3. The Morgan fingerprint density at radius 2 is 2.12 bits per heavy atom. The van der Waals surface area contributed by atoms with Gasteiger partial charge < -0.3 is 14.9 Å². The van der Waals surface area contributed by atoms with E-state index in [0.29, 0.717) is 6.61 Å². The fourth-order valence-electron chi connectivity index (χ4n) is 0.951. The van der Waals surface area contributed by atoms with Gasteiger partial charge in [0.2, 0.25) is 10.0 Å². The summed E-state index contributed by atoms with van der Waals surface area (Å²) in [5.74, 6) is -1.61. The molecule has 0 fully saturated rings. The molecule has 0 saturated carbocycles. The van der Waals surface area contributed by atoms with Gasteiger partial charge in [-0.3, -0.25) is 4.79 Å². The minimum absolute atomic E-state index is 0.0112. The van der Waals surface area contributed by atoms with E-state index >= 15 is 0 Å². The van der Waals surface area contributed by atoms with Crippen LogP contribution in [0.3, 0.4) is 0 Å². The quantitative estimate of drug-likeness (QED) is 0.445. The molecule has 7 nitrogen and oxygen atoms in total. The first-order chi connectivity index (χ1) is 7.43. The first-order valence-electron chi connectivity index (χ1n) is 4.84. The van der Waals surface area contributed by atoms with Crippen molar-refractivity contribution in [2.45, 2.75) is 19.4 Å². The van der Waals surface area contributed by atoms with Crippen LogP contribution in [0.1, 0.15) is 13.3 Å². The van der Waals surface area contributed by atoms with Crippen LogP contribution in [0, 0.1) is 0 Å². The Morgan fingerprint density at radius 3 is 2.56 bits per heavy atom. The van der Waals surface area contributed by atoms with Crippen LogP contribution in [0.2, 0.25) is 0 Å². The molecule has 0 unspecified atom stereocenters. The lowest BCUT2D eigenvalue weighted by Crippen LogP contribution is -2.42. The Balaban J connectivity index is 4.25. The molecule has 1 atom stereocenters. The number of carboxylic acid groups (broad SMARTS) is 1. The number of nitrogens with one attached hydrogen (secondary N) is 1. The van der Waals surface area contributed by atoms with Crippen molar-refractivity contribution in [1.29, 1.82) is 0 Å². The number of carboxylic acids is 1. The van der Waals surface area contributed by atoms with Gasteiger partial charge in [0.05, 0.1) is 12.4 Å². The van der Waals surface area contributed by atoms with Gasteiger partial charge in [-0.05, 0) is 13.3 Å². The lowest BCUT2D eigenvalue weighted by Gasteiger charge is -2.13. The fraction of sp³-hybridized carbons (Fsp3) is 0.875. The van der Waals surface area contributed by atoms with Crippen LogP contribution in [-0.4, -0.2) is 56.2 Å². The predicted molar refractivity (Wildman–Crippen MR) is 56.5 cm³/mol. The maximum atomic E-state index is 11.4. The molecule has 0 saturated heterocycles. The highest BCUT2D eigenvalue weighted by atomic mass is 32.2. The van der Waals surface area contributed by atoms with Crippen molar-refractivity contribution in [1.82, 2.24) is 4.72 Å². The molecule has 0 aliphatic carbocycles. The second-order valence-electron chi connectivity index (χ2n) is 3.04. The summed E-state index contributed by atoms with van der Waals surface area (Å²) in [5, 5.41) is 17.2. The molecule has 0 aromatic carbocycles. The van der Waals surface area contributed by atoms with Crippen LogP contribution in [0.5, 0.6) is 0 Å². The van der Waals surface area contributed by atoms with E-state index in [-0.39, 0.29) is 18.8 Å². The maximum absolute atomic E-state index is 11.4. The van der Waals surface area contributed by atoms with Crippen molar-refractivity contribution in [3.63, 3.8) is 0 Å². The molecule has 3 N–H and O–H groups in total. The van der Waals surface area contributed by atoms with Crippen LogP contribution in [0.4, 0.5) is 0 Å². The molecule has 0 aromatic heterocycles. The van der Waals surface area contributed by atoms with Gasteiger partial charge in [0, 0.05) is 13.2 Å². The monoisotopic (exact) mass is 255 g/mol. The first-order valence-corrected chi connectivity index (χ1v) is 6.49. The van der Waals surface area contributed by atoms with Crippen molar-refractivity contribution in [3.8, 4) is 0 Å². The van der Waals surface area contributed by atoms with Gasteiger partial charge >= 0.3 is 5.97 Å². The second kappa shape index (κ2) is 7.55. The molecule has 0 aromatic rings. The van der Waals surface area contributed by atoms with Gasteiger partial charge in [0.1, 0.15) is 6.04 Å². The number of hydrogen-bond acceptors (Lipinski definition) is 5. The van der Waals surface area contributed by atoms with Gasteiger partial charge in [-0.1, -0.05) is 0 Å². The van der Waals surface area contributed by atoms with Crippen LogP contribution >= 0.6 is 0 Å². The summed E-state index contributed by atoms with van der Waals surface area (Å²) in [4.78, 5) is 10.6. The average molecular weight is 255 g/mol. The molecule has 0 aliphatic heterocycles. The lowest BCUT2D eigenvalue weighted by atomic mass is 10.2. The molecule has 0 spiro atoms. The molecule has 0 amide bonds. The second-order valence-corrected chi connectivity index (χ2v) is 4.91. The number of aliphatic carboxylic acids is 1. The van der Waals surface area contributed by atoms with E-state index in [4.69, 9.17) is 14.9 Å². The SMILES string of the molecule is CCOCCS(=O)(=O)N[C@@H](CCO)C(=O)O. The molecule has 0 aliphatic rings. The third-order valence-electron chi connectivity index (χ3n) is 1.74. The van der Waals surface area contributed by atoms with E-state index in [9.17, 15) is 13.2 Å².